The largest absolute Gasteiger partial charge is 0.342 e. The first-order valence-corrected chi connectivity index (χ1v) is 10.8. The number of hydrogen-bond donors (Lipinski definition) is 0. The molecule has 6 nitrogen and oxygen atoms in total. The second kappa shape index (κ2) is 8.55. The third kappa shape index (κ3) is 4.42. The van der Waals surface area contributed by atoms with Gasteiger partial charge in [0.2, 0.25) is 11.9 Å². The Bertz CT molecular complexity index is 637. The summed E-state index contributed by atoms with van der Waals surface area (Å²) in [6.45, 7) is 8.07. The Morgan fingerprint density at radius 1 is 1.00 bits per heavy atom. The van der Waals surface area contributed by atoms with Crippen molar-refractivity contribution in [1.82, 2.24) is 19.8 Å². The molecule has 3 saturated heterocycles. The molecule has 1 atom stereocenters. The Balaban J connectivity index is 1.31. The number of hydrogen-bond acceptors (Lipinski definition) is 5. The van der Waals surface area contributed by atoms with Crippen molar-refractivity contribution in [3.8, 4) is 0 Å². The molecule has 1 amide bonds. The molecule has 0 radical (unpaired) electrons. The second-order valence-corrected chi connectivity index (χ2v) is 8.44. The van der Waals surface area contributed by atoms with E-state index in [4.69, 9.17) is 0 Å². The lowest BCUT2D eigenvalue weighted by molar-refractivity contribution is -0.137. The van der Waals surface area contributed by atoms with E-state index in [9.17, 15) is 4.79 Å². The first kappa shape index (κ1) is 18.7. The van der Waals surface area contributed by atoms with Crippen molar-refractivity contribution in [2.45, 2.75) is 57.9 Å². The molecule has 0 saturated carbocycles. The highest BCUT2D eigenvalue weighted by Crippen LogP contribution is 2.25. The number of likely N-dealkylation sites (tertiary alicyclic amines) is 2. The predicted molar refractivity (Wildman–Crippen MR) is 107 cm³/mol. The summed E-state index contributed by atoms with van der Waals surface area (Å²) in [4.78, 5) is 29.1. The molecule has 4 heterocycles. The van der Waals surface area contributed by atoms with Crippen LogP contribution in [0.1, 0.15) is 50.6 Å². The van der Waals surface area contributed by atoms with Crippen LogP contribution in [0, 0.1) is 12.8 Å². The summed E-state index contributed by atoms with van der Waals surface area (Å²) in [5, 5.41) is 0. The molecule has 3 aliphatic rings. The molecule has 1 aromatic rings. The minimum atomic E-state index is 0.0920. The maximum Gasteiger partial charge on any atom is 0.227 e. The number of carbonyl (C=O) groups excluding carboxylic acids is 1. The minimum Gasteiger partial charge on any atom is -0.342 e. The molecular weight excluding hydrogens is 338 g/mol. The fourth-order valence-corrected chi connectivity index (χ4v) is 4.94. The molecule has 6 heteroatoms. The van der Waals surface area contributed by atoms with Gasteiger partial charge in [-0.25, -0.2) is 9.97 Å². The van der Waals surface area contributed by atoms with Gasteiger partial charge in [-0.05, 0) is 64.6 Å². The fourth-order valence-electron chi connectivity index (χ4n) is 4.94. The minimum absolute atomic E-state index is 0.0920. The predicted octanol–water partition coefficient (Wildman–Crippen LogP) is 2.48. The molecule has 3 fully saturated rings. The third-order valence-corrected chi connectivity index (χ3v) is 6.52. The summed E-state index contributed by atoms with van der Waals surface area (Å²) in [5.74, 6) is 1.22. The number of rotatable bonds is 3. The molecule has 0 bridgehead atoms. The van der Waals surface area contributed by atoms with Crippen LogP contribution in [-0.2, 0) is 4.79 Å². The molecule has 148 valence electrons. The van der Waals surface area contributed by atoms with Gasteiger partial charge in [0.25, 0.3) is 0 Å². The Hall–Kier alpha value is -1.69. The first-order valence-electron chi connectivity index (χ1n) is 10.8. The third-order valence-electron chi connectivity index (χ3n) is 6.52. The lowest BCUT2D eigenvalue weighted by atomic mass is 9.94. The summed E-state index contributed by atoms with van der Waals surface area (Å²) in [5.41, 5.74) is 0.980. The average molecular weight is 372 g/mol. The molecule has 0 N–H and O–H groups in total. The quantitative estimate of drug-likeness (QED) is 0.817. The van der Waals surface area contributed by atoms with Gasteiger partial charge in [-0.3, -0.25) is 4.79 Å². The summed E-state index contributed by atoms with van der Waals surface area (Å²) in [6.07, 6.45) is 10.2. The van der Waals surface area contributed by atoms with Crippen molar-refractivity contribution in [3.63, 3.8) is 0 Å². The lowest BCUT2D eigenvalue weighted by Gasteiger charge is -2.42. The van der Waals surface area contributed by atoms with Crippen LogP contribution < -0.4 is 4.90 Å². The van der Waals surface area contributed by atoms with E-state index < -0.39 is 0 Å². The number of amides is 1. The summed E-state index contributed by atoms with van der Waals surface area (Å²) in [7, 11) is 0. The van der Waals surface area contributed by atoms with Crippen molar-refractivity contribution in [2.75, 3.05) is 44.2 Å². The standard InChI is InChI=1S/C21H33N5O/c1-17-7-10-22-21(23-17)26-13-5-6-18(16-26)20(27)25-14-8-19(9-15-25)24-11-3-2-4-12-24/h7,10,18-19H,2-6,8-9,11-16H2,1H3. The van der Waals surface area contributed by atoms with Gasteiger partial charge < -0.3 is 14.7 Å². The van der Waals surface area contributed by atoms with E-state index in [2.05, 4.69) is 24.7 Å². The van der Waals surface area contributed by atoms with Gasteiger partial charge in [0.15, 0.2) is 0 Å². The van der Waals surface area contributed by atoms with E-state index in [0.717, 1.165) is 63.5 Å². The fraction of sp³-hybridized carbons (Fsp3) is 0.762. The lowest BCUT2D eigenvalue weighted by Crippen LogP contribution is -2.51. The van der Waals surface area contributed by atoms with Crippen molar-refractivity contribution in [1.29, 1.82) is 0 Å². The monoisotopic (exact) mass is 371 g/mol. The van der Waals surface area contributed by atoms with Crippen molar-refractivity contribution >= 4 is 11.9 Å². The van der Waals surface area contributed by atoms with Crippen LogP contribution >= 0.6 is 0 Å². The van der Waals surface area contributed by atoms with Gasteiger partial charge in [0.1, 0.15) is 0 Å². The molecule has 0 aliphatic carbocycles. The van der Waals surface area contributed by atoms with Crippen LogP contribution in [-0.4, -0.2) is 71.0 Å². The summed E-state index contributed by atoms with van der Waals surface area (Å²) >= 11 is 0. The maximum absolute atomic E-state index is 13.1. The number of carbonyl (C=O) groups is 1. The van der Waals surface area contributed by atoms with E-state index in [1.54, 1.807) is 0 Å². The zero-order chi connectivity index (χ0) is 18.6. The Morgan fingerprint density at radius 2 is 1.78 bits per heavy atom. The zero-order valence-electron chi connectivity index (χ0n) is 16.6. The van der Waals surface area contributed by atoms with Crippen molar-refractivity contribution in [3.05, 3.63) is 18.0 Å². The molecule has 1 unspecified atom stereocenters. The number of piperidine rings is 3. The second-order valence-electron chi connectivity index (χ2n) is 8.44. The van der Waals surface area contributed by atoms with Gasteiger partial charge in [-0.15, -0.1) is 0 Å². The van der Waals surface area contributed by atoms with Crippen LogP contribution in [0.4, 0.5) is 5.95 Å². The van der Waals surface area contributed by atoms with Gasteiger partial charge in [-0.2, -0.15) is 0 Å². The molecule has 0 spiro atoms. The van der Waals surface area contributed by atoms with E-state index in [0.29, 0.717) is 11.9 Å². The highest BCUT2D eigenvalue weighted by atomic mass is 16.2. The smallest absolute Gasteiger partial charge is 0.227 e. The number of nitrogens with zero attached hydrogens (tertiary/aromatic N) is 5. The first-order chi connectivity index (χ1) is 13.2. The number of aromatic nitrogens is 2. The number of anilines is 1. The van der Waals surface area contributed by atoms with E-state index in [1.165, 1.54) is 32.4 Å². The van der Waals surface area contributed by atoms with Gasteiger partial charge in [0, 0.05) is 44.1 Å². The highest BCUT2D eigenvalue weighted by molar-refractivity contribution is 5.79. The molecule has 4 rings (SSSR count). The molecule has 0 aromatic carbocycles. The normalized spacial score (nSPS) is 25.6. The van der Waals surface area contributed by atoms with Gasteiger partial charge >= 0.3 is 0 Å². The van der Waals surface area contributed by atoms with Crippen molar-refractivity contribution < 1.29 is 4.79 Å². The highest BCUT2D eigenvalue weighted by Gasteiger charge is 2.33. The number of aryl methyl sites for hydroxylation is 1. The zero-order valence-corrected chi connectivity index (χ0v) is 16.6. The van der Waals surface area contributed by atoms with E-state index >= 15 is 0 Å². The maximum atomic E-state index is 13.1. The summed E-state index contributed by atoms with van der Waals surface area (Å²) in [6, 6.07) is 2.61. The Morgan fingerprint density at radius 3 is 2.52 bits per heavy atom. The topological polar surface area (TPSA) is 52.6 Å². The SMILES string of the molecule is Cc1ccnc(N2CCCC(C(=O)N3CCC(N4CCCCC4)CC3)C2)n1. The van der Waals surface area contributed by atoms with Crippen molar-refractivity contribution in [2.24, 2.45) is 5.92 Å². The Labute approximate surface area is 162 Å². The Kier molecular flexibility index (Phi) is 5.91. The molecule has 3 aliphatic heterocycles. The van der Waals surface area contributed by atoms with E-state index in [1.807, 2.05) is 19.2 Å². The van der Waals surface area contributed by atoms with Crippen LogP contribution in [0.5, 0.6) is 0 Å². The average Bonchev–Trinajstić information content (AvgIpc) is 2.74. The van der Waals surface area contributed by atoms with Gasteiger partial charge in [-0.1, -0.05) is 6.42 Å². The van der Waals surface area contributed by atoms with Crippen LogP contribution in [0.25, 0.3) is 0 Å². The molecule has 27 heavy (non-hydrogen) atoms. The van der Waals surface area contributed by atoms with Crippen LogP contribution in [0.2, 0.25) is 0 Å². The molecular formula is C21H33N5O. The summed E-state index contributed by atoms with van der Waals surface area (Å²) < 4.78 is 0. The van der Waals surface area contributed by atoms with Gasteiger partial charge in [0.05, 0.1) is 5.92 Å². The van der Waals surface area contributed by atoms with Crippen LogP contribution in [0.3, 0.4) is 0 Å². The van der Waals surface area contributed by atoms with Crippen LogP contribution in [0.15, 0.2) is 12.3 Å². The van der Waals surface area contributed by atoms with E-state index in [-0.39, 0.29) is 5.92 Å². The molecule has 1 aromatic heterocycles.